The van der Waals surface area contributed by atoms with Gasteiger partial charge in [-0.25, -0.2) is 4.79 Å². The van der Waals surface area contributed by atoms with E-state index in [9.17, 15) is 4.79 Å². The molecule has 9 heavy (non-hydrogen) atoms. The number of allylic oxidation sites excluding steroid dienone is 3. The van der Waals surface area contributed by atoms with Gasteiger partial charge >= 0.3 is 6.09 Å². The molecule has 1 amide bonds. The molecule has 0 aliphatic heterocycles. The van der Waals surface area contributed by atoms with Gasteiger partial charge in [-0.1, -0.05) is 12.2 Å². The maximum absolute atomic E-state index is 9.78. The Kier molecular flexibility index (Phi) is 4.22. The highest BCUT2D eigenvalue weighted by molar-refractivity contribution is 5.65. The van der Waals surface area contributed by atoms with Gasteiger partial charge in [-0.15, -0.1) is 0 Å². The first-order chi connectivity index (χ1) is 4.27. The highest BCUT2D eigenvalue weighted by Crippen LogP contribution is 1.71. The molecule has 0 aliphatic rings. The SMILES string of the molecule is CC=CC=CNC(=O)O. The first-order valence-corrected chi connectivity index (χ1v) is 2.54. The average molecular weight is 127 g/mol. The van der Waals surface area contributed by atoms with Gasteiger partial charge < -0.3 is 5.11 Å². The van der Waals surface area contributed by atoms with Crippen molar-refractivity contribution in [1.29, 1.82) is 0 Å². The molecular formula is C6H9NO2. The minimum Gasteiger partial charge on any atom is -0.465 e. The smallest absolute Gasteiger partial charge is 0.408 e. The molecule has 0 saturated carbocycles. The van der Waals surface area contributed by atoms with Crippen LogP contribution in [-0.4, -0.2) is 11.2 Å². The number of carbonyl (C=O) groups is 1. The number of nitrogens with one attached hydrogen (secondary N) is 1. The van der Waals surface area contributed by atoms with Crippen molar-refractivity contribution in [3.8, 4) is 0 Å². The molecule has 0 unspecified atom stereocenters. The largest absolute Gasteiger partial charge is 0.465 e. The topological polar surface area (TPSA) is 49.3 Å². The van der Waals surface area contributed by atoms with Gasteiger partial charge in [0.2, 0.25) is 0 Å². The summed E-state index contributed by atoms with van der Waals surface area (Å²) < 4.78 is 0. The van der Waals surface area contributed by atoms with E-state index in [-0.39, 0.29) is 0 Å². The molecule has 0 aromatic heterocycles. The van der Waals surface area contributed by atoms with Crippen LogP contribution in [-0.2, 0) is 0 Å². The molecule has 0 aliphatic carbocycles. The maximum atomic E-state index is 9.78. The maximum Gasteiger partial charge on any atom is 0.408 e. The van der Waals surface area contributed by atoms with Crippen molar-refractivity contribution in [2.24, 2.45) is 0 Å². The molecule has 0 fully saturated rings. The monoisotopic (exact) mass is 127 g/mol. The number of hydrogen-bond donors (Lipinski definition) is 2. The summed E-state index contributed by atoms with van der Waals surface area (Å²) >= 11 is 0. The highest BCUT2D eigenvalue weighted by atomic mass is 16.4. The molecule has 50 valence electrons. The average Bonchev–Trinajstić information content (AvgIpc) is 1.80. The van der Waals surface area contributed by atoms with Crippen LogP contribution in [0.2, 0.25) is 0 Å². The van der Waals surface area contributed by atoms with E-state index in [0.717, 1.165) is 0 Å². The molecule has 0 bridgehead atoms. The lowest BCUT2D eigenvalue weighted by Crippen LogP contribution is -2.12. The van der Waals surface area contributed by atoms with Crippen molar-refractivity contribution in [3.63, 3.8) is 0 Å². The van der Waals surface area contributed by atoms with E-state index < -0.39 is 6.09 Å². The summed E-state index contributed by atoms with van der Waals surface area (Å²) in [7, 11) is 0. The zero-order valence-electron chi connectivity index (χ0n) is 5.16. The fraction of sp³-hybridized carbons (Fsp3) is 0.167. The van der Waals surface area contributed by atoms with Crippen molar-refractivity contribution < 1.29 is 9.90 Å². The highest BCUT2D eigenvalue weighted by Gasteiger charge is 1.82. The molecular weight excluding hydrogens is 118 g/mol. The Morgan fingerprint density at radius 2 is 2.22 bits per heavy atom. The summed E-state index contributed by atoms with van der Waals surface area (Å²) in [6.45, 7) is 1.85. The Labute approximate surface area is 53.7 Å². The van der Waals surface area contributed by atoms with Crippen molar-refractivity contribution in [2.45, 2.75) is 6.92 Å². The van der Waals surface area contributed by atoms with Crippen LogP contribution in [0.4, 0.5) is 4.79 Å². The van der Waals surface area contributed by atoms with Gasteiger partial charge in [0.05, 0.1) is 0 Å². The Morgan fingerprint density at radius 3 is 2.67 bits per heavy atom. The second-order valence-electron chi connectivity index (χ2n) is 1.33. The normalized spacial score (nSPS) is 10.8. The van der Waals surface area contributed by atoms with Gasteiger partial charge in [-0.2, -0.15) is 0 Å². The third-order valence-corrected chi connectivity index (χ3v) is 0.607. The van der Waals surface area contributed by atoms with Crippen LogP contribution in [0.3, 0.4) is 0 Å². The molecule has 0 atom stereocenters. The summed E-state index contributed by atoms with van der Waals surface area (Å²) in [5.74, 6) is 0. The van der Waals surface area contributed by atoms with Crippen LogP contribution in [0.1, 0.15) is 6.92 Å². The van der Waals surface area contributed by atoms with Gasteiger partial charge in [-0.05, 0) is 13.0 Å². The molecule has 3 heteroatoms. The molecule has 0 rings (SSSR count). The molecule has 0 spiro atoms. The van der Waals surface area contributed by atoms with E-state index in [1.54, 1.807) is 18.2 Å². The number of amides is 1. The van der Waals surface area contributed by atoms with E-state index >= 15 is 0 Å². The van der Waals surface area contributed by atoms with E-state index in [0.29, 0.717) is 0 Å². The van der Waals surface area contributed by atoms with Crippen LogP contribution >= 0.6 is 0 Å². The van der Waals surface area contributed by atoms with Gasteiger partial charge in [0, 0.05) is 6.20 Å². The van der Waals surface area contributed by atoms with Crippen LogP contribution in [0.15, 0.2) is 24.4 Å². The first-order valence-electron chi connectivity index (χ1n) is 2.54. The zero-order chi connectivity index (χ0) is 7.11. The van der Waals surface area contributed by atoms with Crippen LogP contribution in [0.25, 0.3) is 0 Å². The minimum absolute atomic E-state index is 1.05. The fourth-order valence-corrected chi connectivity index (χ4v) is 0.286. The number of rotatable bonds is 2. The number of hydrogen-bond acceptors (Lipinski definition) is 1. The van der Waals surface area contributed by atoms with Gasteiger partial charge in [0.15, 0.2) is 0 Å². The van der Waals surface area contributed by atoms with E-state index in [1.807, 2.05) is 6.92 Å². The minimum atomic E-state index is -1.05. The van der Waals surface area contributed by atoms with Crippen molar-refractivity contribution in [3.05, 3.63) is 24.4 Å². The Balaban J connectivity index is 3.36. The summed E-state index contributed by atoms with van der Waals surface area (Å²) in [6.07, 6.45) is 5.45. The Hall–Kier alpha value is -1.25. The second-order valence-corrected chi connectivity index (χ2v) is 1.33. The predicted octanol–water partition coefficient (Wildman–Crippen LogP) is 1.34. The molecule has 0 aromatic rings. The second kappa shape index (κ2) is 4.90. The lowest BCUT2D eigenvalue weighted by Gasteiger charge is -1.84. The molecule has 0 heterocycles. The lowest BCUT2D eigenvalue weighted by atomic mass is 10.5. The third kappa shape index (κ3) is 6.75. The zero-order valence-corrected chi connectivity index (χ0v) is 5.16. The van der Waals surface area contributed by atoms with E-state index in [4.69, 9.17) is 5.11 Å². The van der Waals surface area contributed by atoms with Gasteiger partial charge in [0.1, 0.15) is 0 Å². The fourth-order valence-electron chi connectivity index (χ4n) is 0.286. The quantitative estimate of drug-likeness (QED) is 0.550. The number of carboxylic acid groups (broad SMARTS) is 1. The van der Waals surface area contributed by atoms with E-state index in [1.165, 1.54) is 6.20 Å². The predicted molar refractivity (Wildman–Crippen MR) is 35.1 cm³/mol. The molecule has 3 nitrogen and oxygen atoms in total. The molecule has 0 saturated heterocycles. The summed E-state index contributed by atoms with van der Waals surface area (Å²) in [5, 5.41) is 10.1. The Morgan fingerprint density at radius 1 is 1.56 bits per heavy atom. The Bertz CT molecular complexity index is 138. The van der Waals surface area contributed by atoms with Crippen LogP contribution < -0.4 is 5.32 Å². The van der Waals surface area contributed by atoms with Crippen molar-refractivity contribution in [2.75, 3.05) is 0 Å². The summed E-state index contributed by atoms with van der Waals surface area (Å²) in [5.41, 5.74) is 0. The molecule has 0 aromatic carbocycles. The van der Waals surface area contributed by atoms with Crippen molar-refractivity contribution >= 4 is 6.09 Å². The van der Waals surface area contributed by atoms with Crippen molar-refractivity contribution in [1.82, 2.24) is 5.32 Å². The summed E-state index contributed by atoms with van der Waals surface area (Å²) in [6, 6.07) is 0. The summed E-state index contributed by atoms with van der Waals surface area (Å²) in [4.78, 5) is 9.78. The third-order valence-electron chi connectivity index (χ3n) is 0.607. The van der Waals surface area contributed by atoms with Crippen LogP contribution in [0.5, 0.6) is 0 Å². The molecule has 0 radical (unpaired) electrons. The van der Waals surface area contributed by atoms with Gasteiger partial charge in [-0.3, -0.25) is 5.32 Å². The lowest BCUT2D eigenvalue weighted by molar-refractivity contribution is 0.198. The molecule has 2 N–H and O–H groups in total. The van der Waals surface area contributed by atoms with Gasteiger partial charge in [0.25, 0.3) is 0 Å². The van der Waals surface area contributed by atoms with Crippen LogP contribution in [0, 0.1) is 0 Å². The van der Waals surface area contributed by atoms with E-state index in [2.05, 4.69) is 5.32 Å². The standard InChI is InChI=1S/C6H9NO2/c1-2-3-4-5-7-6(8)9/h2-5,7H,1H3,(H,8,9). The first kappa shape index (κ1) is 7.75.